The van der Waals surface area contributed by atoms with Crippen LogP contribution < -0.4 is 9.44 Å². The number of hydrogen-bond acceptors (Lipinski definition) is 6. The molecule has 0 saturated carbocycles. The van der Waals surface area contributed by atoms with Gasteiger partial charge < -0.3 is 14.6 Å². The van der Waals surface area contributed by atoms with E-state index < -0.39 is 23.8 Å². The van der Waals surface area contributed by atoms with Crippen molar-refractivity contribution in [1.82, 2.24) is 14.3 Å². The highest BCUT2D eigenvalue weighted by Crippen LogP contribution is 2.24. The molecule has 19 heavy (non-hydrogen) atoms. The average Bonchev–Trinajstić information content (AvgIpc) is 2.86. The standard InChI is InChI=1S/C11H15N3O4S/c1-6-2-3-9(15)14(10(6)16)8(11(17)18)4-7-5-12-19-13-7/h5-6,8,12-13H,2-4H2,1H3,(H,17,18). The minimum absolute atomic E-state index is 0.0829. The van der Waals surface area contributed by atoms with Gasteiger partial charge in [-0.05, 0) is 6.42 Å². The highest BCUT2D eigenvalue weighted by atomic mass is 32.2. The lowest BCUT2D eigenvalue weighted by Gasteiger charge is -2.33. The molecule has 2 atom stereocenters. The number of carboxylic acids is 1. The van der Waals surface area contributed by atoms with Gasteiger partial charge in [-0.25, -0.2) is 4.79 Å². The number of amides is 2. The monoisotopic (exact) mass is 285 g/mol. The third-order valence-corrected chi connectivity index (χ3v) is 3.80. The van der Waals surface area contributed by atoms with Crippen LogP contribution in [-0.4, -0.2) is 33.8 Å². The molecule has 2 heterocycles. The fraction of sp³-hybridized carbons (Fsp3) is 0.545. The second-order valence-corrected chi connectivity index (χ2v) is 5.24. The Labute approximate surface area is 114 Å². The van der Waals surface area contributed by atoms with E-state index in [1.54, 1.807) is 13.1 Å². The van der Waals surface area contributed by atoms with Crippen molar-refractivity contribution >= 4 is 29.9 Å². The SMILES string of the molecule is CC1CCC(=O)N(C(CC2=CNSN2)C(=O)O)C1=O. The van der Waals surface area contributed by atoms with Crippen LogP contribution in [0.15, 0.2) is 11.9 Å². The van der Waals surface area contributed by atoms with Crippen LogP contribution in [0.25, 0.3) is 0 Å². The van der Waals surface area contributed by atoms with Crippen molar-refractivity contribution in [3.05, 3.63) is 11.9 Å². The minimum Gasteiger partial charge on any atom is -0.480 e. The average molecular weight is 285 g/mol. The van der Waals surface area contributed by atoms with Crippen LogP contribution in [0.1, 0.15) is 26.2 Å². The minimum atomic E-state index is -1.17. The smallest absolute Gasteiger partial charge is 0.327 e. The number of piperidine rings is 1. The second kappa shape index (κ2) is 5.52. The van der Waals surface area contributed by atoms with Crippen LogP contribution in [-0.2, 0) is 14.4 Å². The fourth-order valence-corrected chi connectivity index (χ4v) is 2.63. The van der Waals surface area contributed by atoms with Crippen LogP contribution in [0.4, 0.5) is 0 Å². The summed E-state index contributed by atoms with van der Waals surface area (Å²) in [5, 5.41) is 9.28. The molecule has 3 N–H and O–H groups in total. The summed E-state index contributed by atoms with van der Waals surface area (Å²) in [6.45, 7) is 1.71. The van der Waals surface area contributed by atoms with Gasteiger partial charge in [0.25, 0.3) is 0 Å². The van der Waals surface area contributed by atoms with Crippen molar-refractivity contribution in [3.8, 4) is 0 Å². The Bertz CT molecular complexity index is 451. The molecule has 8 heteroatoms. The van der Waals surface area contributed by atoms with E-state index in [0.29, 0.717) is 12.1 Å². The Kier molecular flexibility index (Phi) is 3.98. The molecule has 0 aromatic rings. The van der Waals surface area contributed by atoms with E-state index in [2.05, 4.69) is 9.44 Å². The molecular weight excluding hydrogens is 270 g/mol. The van der Waals surface area contributed by atoms with Gasteiger partial charge in [-0.1, -0.05) is 6.92 Å². The van der Waals surface area contributed by atoms with Gasteiger partial charge in [-0.2, -0.15) is 0 Å². The van der Waals surface area contributed by atoms with E-state index in [1.807, 2.05) is 0 Å². The first-order valence-corrected chi connectivity index (χ1v) is 6.77. The Hall–Kier alpha value is -1.70. The highest BCUT2D eigenvalue weighted by molar-refractivity contribution is 7.95. The summed E-state index contributed by atoms with van der Waals surface area (Å²) in [5.41, 5.74) is 0.649. The van der Waals surface area contributed by atoms with E-state index in [-0.39, 0.29) is 18.8 Å². The molecule has 0 spiro atoms. The largest absolute Gasteiger partial charge is 0.480 e. The first-order chi connectivity index (χ1) is 9.00. The lowest BCUT2D eigenvalue weighted by Crippen LogP contribution is -2.53. The molecule has 1 saturated heterocycles. The molecular formula is C11H15N3O4S. The van der Waals surface area contributed by atoms with Gasteiger partial charge in [-0.3, -0.25) is 14.5 Å². The van der Waals surface area contributed by atoms with E-state index in [4.69, 9.17) is 0 Å². The van der Waals surface area contributed by atoms with Crippen molar-refractivity contribution < 1.29 is 19.5 Å². The van der Waals surface area contributed by atoms with E-state index >= 15 is 0 Å². The summed E-state index contributed by atoms with van der Waals surface area (Å²) in [7, 11) is 0. The fourth-order valence-electron chi connectivity index (χ4n) is 2.09. The molecule has 0 bridgehead atoms. The summed E-state index contributed by atoms with van der Waals surface area (Å²) in [6, 6.07) is -1.15. The van der Waals surface area contributed by atoms with E-state index in [1.165, 1.54) is 12.1 Å². The molecule has 104 valence electrons. The molecule has 2 amide bonds. The number of carboxylic acid groups (broad SMARTS) is 1. The van der Waals surface area contributed by atoms with Gasteiger partial charge in [-0.15, -0.1) is 0 Å². The molecule has 2 aliphatic heterocycles. The van der Waals surface area contributed by atoms with Crippen molar-refractivity contribution in [1.29, 1.82) is 0 Å². The molecule has 2 rings (SSSR count). The quantitative estimate of drug-likeness (QED) is 0.501. The first kappa shape index (κ1) is 13.7. The zero-order valence-corrected chi connectivity index (χ0v) is 11.2. The van der Waals surface area contributed by atoms with Gasteiger partial charge in [0, 0.05) is 30.7 Å². The van der Waals surface area contributed by atoms with Gasteiger partial charge in [0.15, 0.2) is 0 Å². The molecule has 0 aromatic heterocycles. The summed E-state index contributed by atoms with van der Waals surface area (Å²) in [5.74, 6) is -2.29. The number of hydrogen-bond donors (Lipinski definition) is 3. The van der Waals surface area contributed by atoms with Crippen molar-refractivity contribution in [2.45, 2.75) is 32.2 Å². The van der Waals surface area contributed by atoms with Crippen LogP contribution >= 0.6 is 12.1 Å². The van der Waals surface area contributed by atoms with Crippen LogP contribution in [0, 0.1) is 5.92 Å². The molecule has 0 aliphatic carbocycles. The zero-order chi connectivity index (χ0) is 14.0. The maximum atomic E-state index is 12.0. The Morgan fingerprint density at radius 1 is 1.63 bits per heavy atom. The normalized spacial score (nSPS) is 24.6. The summed E-state index contributed by atoms with van der Waals surface area (Å²) >= 11 is 1.21. The molecule has 0 radical (unpaired) electrons. The summed E-state index contributed by atoms with van der Waals surface area (Å²) in [6.07, 6.45) is 2.41. The lowest BCUT2D eigenvalue weighted by molar-refractivity contribution is -0.162. The summed E-state index contributed by atoms with van der Waals surface area (Å²) in [4.78, 5) is 36.1. The number of carbonyl (C=O) groups is 3. The number of nitrogens with zero attached hydrogens (tertiary/aromatic N) is 1. The second-order valence-electron chi connectivity index (χ2n) is 4.59. The van der Waals surface area contributed by atoms with Crippen LogP contribution in [0.2, 0.25) is 0 Å². The Balaban J connectivity index is 2.19. The number of imide groups is 1. The lowest BCUT2D eigenvalue weighted by atomic mass is 9.96. The number of rotatable bonds is 4. The van der Waals surface area contributed by atoms with Crippen molar-refractivity contribution in [3.63, 3.8) is 0 Å². The van der Waals surface area contributed by atoms with Crippen LogP contribution in [0.5, 0.6) is 0 Å². The van der Waals surface area contributed by atoms with Crippen molar-refractivity contribution in [2.24, 2.45) is 5.92 Å². The van der Waals surface area contributed by atoms with E-state index in [9.17, 15) is 19.5 Å². The van der Waals surface area contributed by atoms with Gasteiger partial charge in [0.05, 0.1) is 12.1 Å². The maximum absolute atomic E-state index is 12.0. The molecule has 0 aromatic carbocycles. The molecule has 7 nitrogen and oxygen atoms in total. The number of likely N-dealkylation sites (tertiary alicyclic amines) is 1. The summed E-state index contributed by atoms with van der Waals surface area (Å²) < 4.78 is 5.69. The predicted octanol–water partition coefficient (Wildman–Crippen LogP) is 0.212. The number of nitrogens with one attached hydrogen (secondary N) is 2. The van der Waals surface area contributed by atoms with Gasteiger partial charge in [0.2, 0.25) is 11.8 Å². The van der Waals surface area contributed by atoms with Gasteiger partial charge >= 0.3 is 5.97 Å². The molecule has 2 aliphatic rings. The van der Waals surface area contributed by atoms with E-state index in [0.717, 1.165) is 4.90 Å². The van der Waals surface area contributed by atoms with Crippen LogP contribution in [0.3, 0.4) is 0 Å². The number of carbonyl (C=O) groups excluding carboxylic acids is 2. The third kappa shape index (κ3) is 2.83. The Morgan fingerprint density at radius 2 is 2.37 bits per heavy atom. The zero-order valence-electron chi connectivity index (χ0n) is 10.4. The number of aliphatic carboxylic acids is 1. The van der Waals surface area contributed by atoms with Crippen molar-refractivity contribution in [2.75, 3.05) is 0 Å². The topological polar surface area (TPSA) is 98.7 Å². The highest BCUT2D eigenvalue weighted by Gasteiger charge is 2.40. The maximum Gasteiger partial charge on any atom is 0.327 e. The first-order valence-electron chi connectivity index (χ1n) is 5.96. The third-order valence-electron chi connectivity index (χ3n) is 3.20. The predicted molar refractivity (Wildman–Crippen MR) is 68.2 cm³/mol. The molecule has 2 unspecified atom stereocenters. The Morgan fingerprint density at radius 3 is 2.95 bits per heavy atom. The molecule has 1 fully saturated rings. The van der Waals surface area contributed by atoms with Gasteiger partial charge in [0.1, 0.15) is 6.04 Å².